The van der Waals surface area contributed by atoms with Gasteiger partial charge in [-0.05, 0) is 25.3 Å². The normalized spacial score (nSPS) is 31.4. The third-order valence-electron chi connectivity index (χ3n) is 4.86. The predicted molar refractivity (Wildman–Crippen MR) is 75.6 cm³/mol. The van der Waals surface area contributed by atoms with E-state index < -0.39 is 0 Å². The first-order chi connectivity index (χ1) is 8.73. The molecule has 1 saturated carbocycles. The molecule has 2 aliphatic rings. The molecular formula is C16H24N2. The molecule has 1 spiro atoms. The fourth-order valence-electron chi connectivity index (χ4n) is 3.45. The maximum Gasteiger partial charge on any atom is 0.0533 e. The molecule has 1 aliphatic heterocycles. The van der Waals surface area contributed by atoms with E-state index >= 15 is 0 Å². The summed E-state index contributed by atoms with van der Waals surface area (Å²) >= 11 is 0. The highest BCUT2D eigenvalue weighted by molar-refractivity contribution is 5.25. The van der Waals surface area contributed by atoms with Crippen LogP contribution in [0.3, 0.4) is 0 Å². The molecule has 2 N–H and O–H groups in total. The van der Waals surface area contributed by atoms with E-state index in [0.717, 1.165) is 13.1 Å². The summed E-state index contributed by atoms with van der Waals surface area (Å²) in [5.74, 6) is 0. The van der Waals surface area contributed by atoms with E-state index in [1.165, 1.54) is 37.7 Å². The zero-order valence-electron chi connectivity index (χ0n) is 11.3. The van der Waals surface area contributed by atoms with Gasteiger partial charge in [0.05, 0.1) is 5.54 Å². The lowest BCUT2D eigenvalue weighted by atomic mass is 9.77. The molecule has 2 heteroatoms. The van der Waals surface area contributed by atoms with Crippen LogP contribution in [-0.4, -0.2) is 18.6 Å². The monoisotopic (exact) mass is 244 g/mol. The van der Waals surface area contributed by atoms with Crippen molar-refractivity contribution in [2.75, 3.05) is 13.1 Å². The topological polar surface area (TPSA) is 24.1 Å². The summed E-state index contributed by atoms with van der Waals surface area (Å²) in [6.45, 7) is 4.46. The number of hydrogen-bond donors (Lipinski definition) is 2. The Morgan fingerprint density at radius 3 is 2.22 bits per heavy atom. The van der Waals surface area contributed by atoms with Gasteiger partial charge in [0, 0.05) is 18.6 Å². The Hall–Kier alpha value is -0.860. The molecule has 18 heavy (non-hydrogen) atoms. The van der Waals surface area contributed by atoms with Crippen LogP contribution in [0.15, 0.2) is 30.3 Å². The molecule has 1 aliphatic carbocycles. The highest BCUT2D eigenvalue weighted by atomic mass is 15.2. The van der Waals surface area contributed by atoms with Crippen molar-refractivity contribution in [3.63, 3.8) is 0 Å². The first-order valence-electron chi connectivity index (χ1n) is 7.28. The quantitative estimate of drug-likeness (QED) is 0.794. The van der Waals surface area contributed by atoms with Crippen LogP contribution >= 0.6 is 0 Å². The molecule has 1 aromatic rings. The van der Waals surface area contributed by atoms with E-state index in [9.17, 15) is 0 Å². The SMILES string of the molecule is CC1(c2ccccc2)CNC2(CCCCC2)CN1. The number of benzene rings is 1. The van der Waals surface area contributed by atoms with E-state index in [4.69, 9.17) is 0 Å². The van der Waals surface area contributed by atoms with Crippen LogP contribution in [0.1, 0.15) is 44.6 Å². The van der Waals surface area contributed by atoms with Crippen LogP contribution in [0.25, 0.3) is 0 Å². The summed E-state index contributed by atoms with van der Waals surface area (Å²) in [5.41, 5.74) is 1.86. The van der Waals surface area contributed by atoms with Crippen LogP contribution in [0.5, 0.6) is 0 Å². The summed E-state index contributed by atoms with van der Waals surface area (Å²) in [6, 6.07) is 10.8. The van der Waals surface area contributed by atoms with Crippen LogP contribution in [0, 0.1) is 0 Å². The Bertz CT molecular complexity index is 383. The molecule has 0 aromatic heterocycles. The van der Waals surface area contributed by atoms with Crippen LogP contribution in [0.4, 0.5) is 0 Å². The molecule has 1 atom stereocenters. The molecular weight excluding hydrogens is 220 g/mol. The second kappa shape index (κ2) is 4.67. The second-order valence-corrected chi connectivity index (χ2v) is 6.25. The van der Waals surface area contributed by atoms with Crippen molar-refractivity contribution in [2.45, 2.75) is 50.1 Å². The predicted octanol–water partition coefficient (Wildman–Crippen LogP) is 2.80. The van der Waals surface area contributed by atoms with Crippen molar-refractivity contribution in [2.24, 2.45) is 0 Å². The zero-order chi connectivity index (χ0) is 12.5. The Kier molecular flexibility index (Phi) is 3.16. The Morgan fingerprint density at radius 2 is 1.61 bits per heavy atom. The molecule has 0 radical (unpaired) electrons. The second-order valence-electron chi connectivity index (χ2n) is 6.25. The number of rotatable bonds is 1. The standard InChI is InChI=1S/C16H24N2/c1-15(14-8-4-2-5-9-14)12-18-16(13-17-15)10-6-3-7-11-16/h2,4-5,8-9,17-18H,3,6-7,10-13H2,1H3. The highest BCUT2D eigenvalue weighted by Crippen LogP contribution is 2.33. The summed E-state index contributed by atoms with van der Waals surface area (Å²) in [5, 5.41) is 7.67. The summed E-state index contributed by atoms with van der Waals surface area (Å²) in [7, 11) is 0. The van der Waals surface area contributed by atoms with Gasteiger partial charge in [-0.15, -0.1) is 0 Å². The minimum absolute atomic E-state index is 0.0873. The van der Waals surface area contributed by atoms with Crippen molar-refractivity contribution in [3.8, 4) is 0 Å². The first kappa shape index (κ1) is 12.2. The van der Waals surface area contributed by atoms with Crippen molar-refractivity contribution in [3.05, 3.63) is 35.9 Å². The zero-order valence-corrected chi connectivity index (χ0v) is 11.3. The van der Waals surface area contributed by atoms with Gasteiger partial charge in [0.15, 0.2) is 0 Å². The lowest BCUT2D eigenvalue weighted by Gasteiger charge is -2.49. The third kappa shape index (κ3) is 2.19. The number of nitrogens with one attached hydrogen (secondary N) is 2. The highest BCUT2D eigenvalue weighted by Gasteiger charge is 2.40. The van der Waals surface area contributed by atoms with Gasteiger partial charge in [0.2, 0.25) is 0 Å². The van der Waals surface area contributed by atoms with Crippen molar-refractivity contribution < 1.29 is 0 Å². The molecule has 1 saturated heterocycles. The lowest BCUT2D eigenvalue weighted by Crippen LogP contribution is -2.66. The van der Waals surface area contributed by atoms with E-state index in [1.807, 2.05) is 0 Å². The van der Waals surface area contributed by atoms with E-state index in [2.05, 4.69) is 47.9 Å². The van der Waals surface area contributed by atoms with Crippen LogP contribution < -0.4 is 10.6 Å². The van der Waals surface area contributed by atoms with Gasteiger partial charge in [0.25, 0.3) is 0 Å². The van der Waals surface area contributed by atoms with Gasteiger partial charge in [-0.1, -0.05) is 49.6 Å². The van der Waals surface area contributed by atoms with Crippen molar-refractivity contribution in [1.29, 1.82) is 0 Å². The minimum atomic E-state index is 0.0873. The molecule has 1 unspecified atom stereocenters. The first-order valence-corrected chi connectivity index (χ1v) is 7.28. The fraction of sp³-hybridized carbons (Fsp3) is 0.625. The molecule has 0 bridgehead atoms. The summed E-state index contributed by atoms with van der Waals surface area (Å²) in [4.78, 5) is 0. The average Bonchev–Trinajstić information content (AvgIpc) is 2.45. The maximum atomic E-state index is 3.86. The minimum Gasteiger partial charge on any atom is -0.308 e. The number of hydrogen-bond acceptors (Lipinski definition) is 2. The Morgan fingerprint density at radius 1 is 0.889 bits per heavy atom. The largest absolute Gasteiger partial charge is 0.308 e. The van der Waals surface area contributed by atoms with E-state index in [1.54, 1.807) is 0 Å². The van der Waals surface area contributed by atoms with Gasteiger partial charge in [-0.3, -0.25) is 0 Å². The molecule has 1 heterocycles. The third-order valence-corrected chi connectivity index (χ3v) is 4.86. The van der Waals surface area contributed by atoms with E-state index in [0.29, 0.717) is 5.54 Å². The van der Waals surface area contributed by atoms with Gasteiger partial charge >= 0.3 is 0 Å². The lowest BCUT2D eigenvalue weighted by molar-refractivity contribution is 0.137. The molecule has 2 nitrogen and oxygen atoms in total. The van der Waals surface area contributed by atoms with Crippen LogP contribution in [-0.2, 0) is 5.54 Å². The Labute approximate surface area is 110 Å². The van der Waals surface area contributed by atoms with Crippen molar-refractivity contribution >= 4 is 0 Å². The average molecular weight is 244 g/mol. The van der Waals surface area contributed by atoms with Gasteiger partial charge in [-0.25, -0.2) is 0 Å². The van der Waals surface area contributed by atoms with Gasteiger partial charge in [-0.2, -0.15) is 0 Å². The van der Waals surface area contributed by atoms with Gasteiger partial charge in [0.1, 0.15) is 0 Å². The smallest absolute Gasteiger partial charge is 0.0533 e. The molecule has 98 valence electrons. The van der Waals surface area contributed by atoms with Crippen molar-refractivity contribution in [1.82, 2.24) is 10.6 Å². The molecule has 3 rings (SSSR count). The molecule has 0 amide bonds. The maximum absolute atomic E-state index is 3.86. The Balaban J connectivity index is 1.72. The molecule has 1 aromatic carbocycles. The number of piperazine rings is 1. The van der Waals surface area contributed by atoms with Gasteiger partial charge < -0.3 is 10.6 Å². The summed E-state index contributed by atoms with van der Waals surface area (Å²) in [6.07, 6.45) is 6.86. The van der Waals surface area contributed by atoms with E-state index in [-0.39, 0.29) is 5.54 Å². The summed E-state index contributed by atoms with van der Waals surface area (Å²) < 4.78 is 0. The fourth-order valence-corrected chi connectivity index (χ4v) is 3.45. The van der Waals surface area contributed by atoms with Crippen LogP contribution in [0.2, 0.25) is 0 Å². The molecule has 2 fully saturated rings.